The third kappa shape index (κ3) is 1.62. The van der Waals surface area contributed by atoms with Crippen molar-refractivity contribution in [2.45, 2.75) is 4.90 Å². The smallest absolute Gasteiger partial charge is 0.115 e. The molecular weight excluding hydrogens is 136 g/mol. The second-order valence-corrected chi connectivity index (χ2v) is 2.24. The van der Waals surface area contributed by atoms with Crippen LogP contribution in [0, 0.1) is 0 Å². The van der Waals surface area contributed by atoms with Gasteiger partial charge in [0, 0.05) is 16.9 Å². The topological polar surface area (TPSA) is 40.5 Å². The van der Waals surface area contributed by atoms with Gasteiger partial charge < -0.3 is 9.66 Å². The Hall–Kier alpha value is -0.670. The molecule has 48 valence electrons. The average Bonchev–Trinajstić information content (AvgIpc) is 1.90. The third-order valence-electron chi connectivity index (χ3n) is 0.942. The van der Waals surface area contributed by atoms with Crippen molar-refractivity contribution >= 4 is 12.0 Å². The Morgan fingerprint density at radius 2 is 1.67 bits per heavy atom. The molecule has 0 radical (unpaired) electrons. The Morgan fingerprint density at radius 1 is 1.11 bits per heavy atom. The number of hydrogen-bond acceptors (Lipinski definition) is 3. The quantitative estimate of drug-likeness (QED) is 0.589. The zero-order valence-electron chi connectivity index (χ0n) is 4.61. The van der Waals surface area contributed by atoms with E-state index in [0.29, 0.717) is 12.0 Å². The lowest BCUT2D eigenvalue weighted by Gasteiger charge is -1.91. The summed E-state index contributed by atoms with van der Waals surface area (Å²) in [6, 6.07) is 6.33. The number of hydrogen-bond donors (Lipinski definition) is 2. The Bertz CT molecular complexity index is 183. The lowest BCUT2D eigenvalue weighted by atomic mass is 10.3. The van der Waals surface area contributed by atoms with Crippen LogP contribution in [0.3, 0.4) is 0 Å². The molecule has 1 aromatic carbocycles. The molecule has 0 atom stereocenters. The van der Waals surface area contributed by atoms with E-state index in [9.17, 15) is 0 Å². The summed E-state index contributed by atoms with van der Waals surface area (Å²) in [5.41, 5.74) is 0. The van der Waals surface area contributed by atoms with Gasteiger partial charge in [-0.2, -0.15) is 0 Å². The van der Waals surface area contributed by atoms with Crippen LogP contribution in [0.5, 0.6) is 5.75 Å². The van der Waals surface area contributed by atoms with Crippen LogP contribution in [0.15, 0.2) is 29.2 Å². The van der Waals surface area contributed by atoms with E-state index in [1.54, 1.807) is 12.1 Å². The third-order valence-corrected chi connectivity index (χ3v) is 1.43. The molecule has 0 aliphatic carbocycles. The van der Waals surface area contributed by atoms with Crippen LogP contribution in [0.2, 0.25) is 0 Å². The van der Waals surface area contributed by atoms with Crippen molar-refractivity contribution in [3.05, 3.63) is 24.3 Å². The summed E-state index contributed by atoms with van der Waals surface area (Å²) >= 11 is 0.666. The summed E-state index contributed by atoms with van der Waals surface area (Å²) in [4.78, 5) is 0.729. The number of rotatable bonds is 1. The average molecular weight is 142 g/mol. The molecule has 3 heteroatoms. The maximum Gasteiger partial charge on any atom is 0.115 e. The van der Waals surface area contributed by atoms with Gasteiger partial charge in [0.2, 0.25) is 0 Å². The molecule has 0 bridgehead atoms. The lowest BCUT2D eigenvalue weighted by molar-refractivity contribution is 0.475. The van der Waals surface area contributed by atoms with Crippen molar-refractivity contribution in [2.24, 2.45) is 0 Å². The van der Waals surface area contributed by atoms with Gasteiger partial charge in [-0.1, -0.05) is 0 Å². The van der Waals surface area contributed by atoms with Crippen LogP contribution in [-0.4, -0.2) is 9.66 Å². The summed E-state index contributed by atoms with van der Waals surface area (Å²) in [6.07, 6.45) is 0. The molecule has 1 aromatic rings. The molecule has 2 N–H and O–H groups in total. The van der Waals surface area contributed by atoms with Crippen LogP contribution >= 0.6 is 12.0 Å². The highest BCUT2D eigenvalue weighted by Crippen LogP contribution is 2.16. The van der Waals surface area contributed by atoms with Crippen molar-refractivity contribution in [3.63, 3.8) is 0 Å². The number of aromatic hydroxyl groups is 1. The predicted molar refractivity (Wildman–Crippen MR) is 36.6 cm³/mol. The molecule has 2 nitrogen and oxygen atoms in total. The fourth-order valence-corrected chi connectivity index (χ4v) is 0.765. The highest BCUT2D eigenvalue weighted by atomic mass is 32.2. The molecule has 1 rings (SSSR count). The van der Waals surface area contributed by atoms with E-state index >= 15 is 0 Å². The molecule has 0 heterocycles. The second kappa shape index (κ2) is 2.75. The van der Waals surface area contributed by atoms with Gasteiger partial charge in [0.1, 0.15) is 5.75 Å². The van der Waals surface area contributed by atoms with E-state index in [4.69, 9.17) is 9.66 Å². The molecule has 0 spiro atoms. The van der Waals surface area contributed by atoms with Crippen LogP contribution in [0.1, 0.15) is 0 Å². The first-order chi connectivity index (χ1) is 4.33. The van der Waals surface area contributed by atoms with Crippen LogP contribution < -0.4 is 0 Å². The maximum absolute atomic E-state index is 8.76. The normalized spacial score (nSPS) is 9.44. The molecule has 9 heavy (non-hydrogen) atoms. The van der Waals surface area contributed by atoms with Gasteiger partial charge in [0.05, 0.1) is 0 Å². The first-order valence-corrected chi connectivity index (χ1v) is 3.21. The van der Waals surface area contributed by atoms with Gasteiger partial charge in [0.25, 0.3) is 0 Å². The summed E-state index contributed by atoms with van der Waals surface area (Å²) in [5.74, 6) is 0.216. The minimum atomic E-state index is 0.216. The number of phenols is 1. The van der Waals surface area contributed by atoms with E-state index in [1.165, 1.54) is 12.1 Å². The summed E-state index contributed by atoms with van der Waals surface area (Å²) in [7, 11) is 0. The van der Waals surface area contributed by atoms with Crippen LogP contribution in [-0.2, 0) is 0 Å². The first kappa shape index (κ1) is 6.45. The number of phenolic OH excluding ortho intramolecular Hbond substituents is 1. The molecule has 0 saturated carbocycles. The molecule has 0 aliphatic rings. The Balaban J connectivity index is 2.88. The SMILES string of the molecule is OSc1ccc(O)cc1. The molecular formula is C6H6O2S. The van der Waals surface area contributed by atoms with E-state index in [-0.39, 0.29) is 5.75 Å². The predicted octanol–water partition coefficient (Wildman–Crippen LogP) is 1.96. The van der Waals surface area contributed by atoms with Crippen LogP contribution in [0.4, 0.5) is 0 Å². The van der Waals surface area contributed by atoms with Gasteiger partial charge in [-0.3, -0.25) is 0 Å². The summed E-state index contributed by atoms with van der Waals surface area (Å²) in [5, 5.41) is 8.76. The molecule has 0 fully saturated rings. The fourth-order valence-electron chi connectivity index (χ4n) is 0.507. The molecule has 0 aliphatic heterocycles. The minimum absolute atomic E-state index is 0.216. The summed E-state index contributed by atoms with van der Waals surface area (Å²) in [6.45, 7) is 0. The highest BCUT2D eigenvalue weighted by Gasteiger charge is 1.88. The Kier molecular flexibility index (Phi) is 1.97. The van der Waals surface area contributed by atoms with E-state index in [1.807, 2.05) is 0 Å². The Morgan fingerprint density at radius 3 is 2.11 bits per heavy atom. The molecule has 0 saturated heterocycles. The maximum atomic E-state index is 8.76. The monoisotopic (exact) mass is 142 g/mol. The molecule has 0 amide bonds. The second-order valence-electron chi connectivity index (χ2n) is 1.59. The zero-order chi connectivity index (χ0) is 6.69. The van der Waals surface area contributed by atoms with Crippen molar-refractivity contribution in [2.75, 3.05) is 0 Å². The van der Waals surface area contributed by atoms with E-state index < -0.39 is 0 Å². The van der Waals surface area contributed by atoms with Gasteiger partial charge in [-0.25, -0.2) is 0 Å². The highest BCUT2D eigenvalue weighted by molar-refractivity contribution is 7.93. The van der Waals surface area contributed by atoms with Crippen molar-refractivity contribution in [1.82, 2.24) is 0 Å². The van der Waals surface area contributed by atoms with Crippen molar-refractivity contribution in [3.8, 4) is 5.75 Å². The number of benzene rings is 1. The first-order valence-electron chi connectivity index (χ1n) is 2.43. The van der Waals surface area contributed by atoms with Crippen molar-refractivity contribution in [1.29, 1.82) is 0 Å². The van der Waals surface area contributed by atoms with Gasteiger partial charge in [-0.05, 0) is 24.3 Å². The Labute approximate surface area is 57.4 Å². The van der Waals surface area contributed by atoms with E-state index in [0.717, 1.165) is 4.90 Å². The van der Waals surface area contributed by atoms with Gasteiger partial charge in [-0.15, -0.1) is 0 Å². The molecule has 0 aromatic heterocycles. The fraction of sp³-hybridized carbons (Fsp3) is 0. The van der Waals surface area contributed by atoms with Gasteiger partial charge >= 0.3 is 0 Å². The largest absolute Gasteiger partial charge is 0.508 e. The van der Waals surface area contributed by atoms with Crippen molar-refractivity contribution < 1.29 is 9.66 Å². The zero-order valence-corrected chi connectivity index (χ0v) is 5.43. The minimum Gasteiger partial charge on any atom is -0.508 e. The molecule has 0 unspecified atom stereocenters. The standard InChI is InChI=1S/C6H6O2S/c7-5-1-3-6(9-8)4-2-5/h1-4,7-8H. The van der Waals surface area contributed by atoms with E-state index in [2.05, 4.69) is 0 Å². The van der Waals surface area contributed by atoms with Crippen LogP contribution in [0.25, 0.3) is 0 Å². The summed E-state index contributed by atoms with van der Waals surface area (Å²) < 4.78 is 8.46. The van der Waals surface area contributed by atoms with Gasteiger partial charge in [0.15, 0.2) is 0 Å². The lowest BCUT2D eigenvalue weighted by Crippen LogP contribution is -1.66.